The van der Waals surface area contributed by atoms with Gasteiger partial charge in [0.05, 0.1) is 12.8 Å². The van der Waals surface area contributed by atoms with Gasteiger partial charge in [-0.3, -0.25) is 4.79 Å². The molecule has 2 heterocycles. The Balaban J connectivity index is 1.65. The minimum absolute atomic E-state index is 0.132. The molecule has 2 aromatic heterocycles. The van der Waals surface area contributed by atoms with E-state index in [9.17, 15) is 4.79 Å². The molecular formula is C21H19N2O3+. The second-order valence-corrected chi connectivity index (χ2v) is 6.24. The maximum absolute atomic E-state index is 12.4. The Morgan fingerprint density at radius 3 is 2.62 bits per heavy atom. The summed E-state index contributed by atoms with van der Waals surface area (Å²) in [7, 11) is 1.59. The number of pyridine rings is 1. The third-order valence-corrected chi connectivity index (χ3v) is 4.36. The molecule has 0 aliphatic carbocycles. The van der Waals surface area contributed by atoms with Crippen LogP contribution in [0.5, 0.6) is 5.75 Å². The van der Waals surface area contributed by atoms with Gasteiger partial charge in [-0.05, 0) is 24.6 Å². The average molecular weight is 347 g/mol. The fraction of sp³-hybridized carbons (Fsp3) is 0.143. The predicted octanol–water partition coefficient (Wildman–Crippen LogP) is 3.83. The zero-order valence-corrected chi connectivity index (χ0v) is 14.7. The molecule has 0 saturated carbocycles. The summed E-state index contributed by atoms with van der Waals surface area (Å²) in [5, 5.41) is 4.90. The number of nitrogens with zero attached hydrogens (tertiary/aromatic N) is 1. The van der Waals surface area contributed by atoms with Crippen molar-refractivity contribution in [1.29, 1.82) is 0 Å². The maximum atomic E-state index is 12.4. The Bertz CT molecular complexity index is 1100. The lowest BCUT2D eigenvalue weighted by atomic mass is 10.1. The van der Waals surface area contributed by atoms with Crippen LogP contribution in [0.1, 0.15) is 5.56 Å². The number of benzene rings is 2. The second kappa shape index (κ2) is 6.52. The predicted molar refractivity (Wildman–Crippen MR) is 100 cm³/mol. The van der Waals surface area contributed by atoms with Gasteiger partial charge in [-0.1, -0.05) is 18.2 Å². The average Bonchev–Trinajstić information content (AvgIpc) is 3.00. The molecular weight excluding hydrogens is 328 g/mol. The van der Waals surface area contributed by atoms with E-state index in [4.69, 9.17) is 9.15 Å². The smallest absolute Gasteiger partial charge is 0.290 e. The molecule has 0 radical (unpaired) electrons. The number of hydrogen-bond acceptors (Lipinski definition) is 3. The fourth-order valence-corrected chi connectivity index (χ4v) is 3.01. The van der Waals surface area contributed by atoms with E-state index in [1.54, 1.807) is 7.11 Å². The van der Waals surface area contributed by atoms with Gasteiger partial charge in [0.25, 0.3) is 5.91 Å². The first-order chi connectivity index (χ1) is 12.6. The number of anilines is 1. The third-order valence-electron chi connectivity index (χ3n) is 4.36. The number of hydrogen-bond donors (Lipinski definition) is 1. The van der Waals surface area contributed by atoms with E-state index in [-0.39, 0.29) is 12.5 Å². The molecule has 2 aromatic carbocycles. The van der Waals surface area contributed by atoms with E-state index in [0.717, 1.165) is 21.9 Å². The zero-order chi connectivity index (χ0) is 18.1. The number of carbonyl (C=O) groups is 1. The fourth-order valence-electron chi connectivity index (χ4n) is 3.01. The second-order valence-electron chi connectivity index (χ2n) is 6.24. The van der Waals surface area contributed by atoms with E-state index in [2.05, 4.69) is 5.32 Å². The number of ether oxygens (including phenoxy) is 1. The number of aryl methyl sites for hydroxylation is 1. The van der Waals surface area contributed by atoms with Gasteiger partial charge >= 0.3 is 0 Å². The quantitative estimate of drug-likeness (QED) is 0.571. The van der Waals surface area contributed by atoms with Gasteiger partial charge in [0.1, 0.15) is 16.9 Å². The minimum atomic E-state index is -0.132. The van der Waals surface area contributed by atoms with Crippen LogP contribution in [0.3, 0.4) is 0 Å². The molecule has 4 aromatic rings. The Kier molecular flexibility index (Phi) is 4.05. The number of nitrogens with one attached hydrogen (secondary N) is 1. The zero-order valence-electron chi connectivity index (χ0n) is 14.7. The minimum Gasteiger partial charge on any atom is -0.495 e. The molecule has 0 bridgehead atoms. The number of para-hydroxylation sites is 1. The lowest BCUT2D eigenvalue weighted by Gasteiger charge is -2.09. The van der Waals surface area contributed by atoms with Crippen molar-refractivity contribution in [2.24, 2.45) is 0 Å². The summed E-state index contributed by atoms with van der Waals surface area (Å²) < 4.78 is 13.2. The molecule has 4 rings (SSSR count). The lowest BCUT2D eigenvalue weighted by molar-refractivity contribution is -0.684. The summed E-state index contributed by atoms with van der Waals surface area (Å²) in [5.41, 5.74) is 3.27. The van der Waals surface area contributed by atoms with Crippen LogP contribution in [-0.2, 0) is 11.3 Å². The molecule has 0 unspecified atom stereocenters. The Morgan fingerprint density at radius 1 is 1.08 bits per heavy atom. The van der Waals surface area contributed by atoms with Crippen molar-refractivity contribution in [2.75, 3.05) is 12.4 Å². The maximum Gasteiger partial charge on any atom is 0.290 e. The van der Waals surface area contributed by atoms with Crippen LogP contribution in [0.4, 0.5) is 5.69 Å². The van der Waals surface area contributed by atoms with Crippen LogP contribution in [0.2, 0.25) is 0 Å². The molecule has 0 spiro atoms. The van der Waals surface area contributed by atoms with Crippen molar-refractivity contribution >= 4 is 33.5 Å². The van der Waals surface area contributed by atoms with Crippen molar-refractivity contribution in [2.45, 2.75) is 13.5 Å². The first-order valence-corrected chi connectivity index (χ1v) is 8.39. The van der Waals surface area contributed by atoms with Crippen molar-refractivity contribution in [3.05, 3.63) is 66.5 Å². The number of amides is 1. The van der Waals surface area contributed by atoms with Gasteiger partial charge in [-0.2, -0.15) is 4.57 Å². The highest BCUT2D eigenvalue weighted by molar-refractivity contribution is 6.07. The van der Waals surface area contributed by atoms with Gasteiger partial charge in [0.15, 0.2) is 12.4 Å². The van der Waals surface area contributed by atoms with Gasteiger partial charge in [0.2, 0.25) is 6.54 Å². The molecule has 0 fully saturated rings. The highest BCUT2D eigenvalue weighted by Gasteiger charge is 2.16. The number of fused-ring (bicyclic) bond motifs is 3. The van der Waals surface area contributed by atoms with Crippen molar-refractivity contribution in [1.82, 2.24) is 0 Å². The van der Waals surface area contributed by atoms with Crippen LogP contribution in [0, 0.1) is 6.92 Å². The highest BCUT2D eigenvalue weighted by atomic mass is 16.5. The third kappa shape index (κ3) is 2.99. The van der Waals surface area contributed by atoms with E-state index < -0.39 is 0 Å². The standard InChI is InChI=1S/C21H18N2O3/c1-14-7-9-23(10-8-14)13-21(24)22-17-12-19-16(11-20(17)25-2)15-5-3-4-6-18(15)26-19/h3-12H,13H2,1-2H3/p+1. The molecule has 0 aliphatic rings. The molecule has 26 heavy (non-hydrogen) atoms. The SMILES string of the molecule is COc1cc2c(cc1NC(=O)C[n+]1ccc(C)cc1)oc1ccccc12. The number of methoxy groups -OCH3 is 1. The summed E-state index contributed by atoms with van der Waals surface area (Å²) in [6.07, 6.45) is 3.77. The molecule has 1 N–H and O–H groups in total. The molecule has 0 aliphatic heterocycles. The largest absolute Gasteiger partial charge is 0.495 e. The van der Waals surface area contributed by atoms with Crippen molar-refractivity contribution in [3.63, 3.8) is 0 Å². The Hall–Kier alpha value is -3.34. The lowest BCUT2D eigenvalue weighted by Crippen LogP contribution is -2.39. The summed E-state index contributed by atoms with van der Waals surface area (Å²) in [6, 6.07) is 15.5. The van der Waals surface area contributed by atoms with Crippen LogP contribution < -0.4 is 14.6 Å². The van der Waals surface area contributed by atoms with E-state index in [1.807, 2.05) is 72.4 Å². The molecule has 1 amide bonds. The molecule has 5 nitrogen and oxygen atoms in total. The molecule has 5 heteroatoms. The number of aromatic nitrogens is 1. The first-order valence-electron chi connectivity index (χ1n) is 8.39. The molecule has 0 saturated heterocycles. The Morgan fingerprint density at radius 2 is 1.85 bits per heavy atom. The van der Waals surface area contributed by atoms with Crippen LogP contribution in [0.15, 0.2) is 65.3 Å². The van der Waals surface area contributed by atoms with Gasteiger partial charge in [-0.25, -0.2) is 0 Å². The van der Waals surface area contributed by atoms with Gasteiger partial charge < -0.3 is 14.5 Å². The number of carbonyl (C=O) groups excluding carboxylic acids is 1. The normalized spacial score (nSPS) is 11.0. The van der Waals surface area contributed by atoms with E-state index in [0.29, 0.717) is 17.0 Å². The Labute approximate surface area is 150 Å². The van der Waals surface area contributed by atoms with Gasteiger partial charge in [-0.15, -0.1) is 0 Å². The summed E-state index contributed by atoms with van der Waals surface area (Å²) in [6.45, 7) is 2.24. The topological polar surface area (TPSA) is 55.4 Å². The van der Waals surface area contributed by atoms with E-state index >= 15 is 0 Å². The number of furan rings is 1. The van der Waals surface area contributed by atoms with Gasteiger partial charge in [0, 0.05) is 29.0 Å². The first kappa shape index (κ1) is 16.1. The van der Waals surface area contributed by atoms with Crippen LogP contribution in [0.25, 0.3) is 21.9 Å². The monoisotopic (exact) mass is 347 g/mol. The van der Waals surface area contributed by atoms with E-state index in [1.165, 1.54) is 0 Å². The summed E-state index contributed by atoms with van der Waals surface area (Å²) in [5.74, 6) is 0.471. The van der Waals surface area contributed by atoms with Crippen LogP contribution in [-0.4, -0.2) is 13.0 Å². The molecule has 0 atom stereocenters. The van der Waals surface area contributed by atoms with Crippen molar-refractivity contribution < 1.29 is 18.5 Å². The summed E-state index contributed by atoms with van der Waals surface area (Å²) in [4.78, 5) is 12.4. The molecule has 130 valence electrons. The highest BCUT2D eigenvalue weighted by Crippen LogP contribution is 2.36. The van der Waals surface area contributed by atoms with Crippen LogP contribution >= 0.6 is 0 Å². The van der Waals surface area contributed by atoms with Crippen molar-refractivity contribution in [3.8, 4) is 5.75 Å². The summed E-state index contributed by atoms with van der Waals surface area (Å²) >= 11 is 0. The number of rotatable bonds is 4.